The number of amidine groups is 1. The van der Waals surface area contributed by atoms with Crippen LogP contribution < -0.4 is 22.4 Å². The van der Waals surface area contributed by atoms with Crippen molar-refractivity contribution in [1.29, 1.82) is 0 Å². The number of methoxy groups -OCH3 is 1. The van der Waals surface area contributed by atoms with Gasteiger partial charge in [-0.2, -0.15) is 5.10 Å². The monoisotopic (exact) mass is 417 g/mol. The Labute approximate surface area is 171 Å². The summed E-state index contributed by atoms with van der Waals surface area (Å²) in [5.41, 5.74) is 7.58. The number of ether oxygens (including phenoxy) is 1. The molecule has 0 fully saturated rings. The molecule has 0 radical (unpaired) electrons. The standard InChI is InChI=1S/C19H21F2N7O2/c1-30-19(29)27-7-5-11(6-8-27)12-9-13(17(22)25-10-12)18(26-23)28(24)15-4-2-3-14(20)16(15)21/h2-5,9-10H,6-8,23-24H2,1H3,(H2,22,25)/b26-18-. The Bertz CT molecular complexity index is 1030. The average molecular weight is 417 g/mol. The maximum Gasteiger partial charge on any atom is 0.409 e. The second kappa shape index (κ2) is 8.74. The van der Waals surface area contributed by atoms with E-state index < -0.39 is 17.7 Å². The number of hydrazine groups is 1. The van der Waals surface area contributed by atoms with Crippen molar-refractivity contribution in [2.75, 3.05) is 30.9 Å². The SMILES string of the molecule is COC(=O)N1CC=C(c2cnc(N)c(/C(=N/N)N(N)c3cccc(F)c3F)c2)CC1. The number of anilines is 2. The van der Waals surface area contributed by atoms with E-state index in [1.165, 1.54) is 19.2 Å². The fraction of sp³-hybridized carbons (Fsp3) is 0.211. The Morgan fingerprint density at radius 1 is 1.37 bits per heavy atom. The van der Waals surface area contributed by atoms with E-state index >= 15 is 0 Å². The zero-order chi connectivity index (χ0) is 21.8. The van der Waals surface area contributed by atoms with Gasteiger partial charge in [-0.05, 0) is 35.8 Å². The Hall–Kier alpha value is -3.73. The second-order valence-corrected chi connectivity index (χ2v) is 6.45. The number of carbonyl (C=O) groups is 1. The topological polar surface area (TPSA) is 136 Å². The minimum atomic E-state index is -1.15. The molecule has 1 amide bonds. The predicted molar refractivity (Wildman–Crippen MR) is 109 cm³/mol. The first-order valence-corrected chi connectivity index (χ1v) is 8.92. The van der Waals surface area contributed by atoms with Crippen LogP contribution in [-0.2, 0) is 4.74 Å². The molecule has 0 saturated carbocycles. The zero-order valence-corrected chi connectivity index (χ0v) is 16.2. The summed E-state index contributed by atoms with van der Waals surface area (Å²) in [6.07, 6.45) is 3.58. The van der Waals surface area contributed by atoms with Crippen molar-refractivity contribution in [2.24, 2.45) is 16.8 Å². The Morgan fingerprint density at radius 3 is 2.77 bits per heavy atom. The van der Waals surface area contributed by atoms with Gasteiger partial charge in [0.1, 0.15) is 5.82 Å². The molecule has 1 aromatic carbocycles. The summed E-state index contributed by atoms with van der Waals surface area (Å²) in [6, 6.07) is 5.21. The van der Waals surface area contributed by atoms with Crippen molar-refractivity contribution in [2.45, 2.75) is 6.42 Å². The van der Waals surface area contributed by atoms with Gasteiger partial charge in [-0.3, -0.25) is 5.01 Å². The molecule has 6 N–H and O–H groups in total. The van der Waals surface area contributed by atoms with Gasteiger partial charge >= 0.3 is 6.09 Å². The van der Waals surface area contributed by atoms with Crippen molar-refractivity contribution in [1.82, 2.24) is 9.88 Å². The molecular weight excluding hydrogens is 396 g/mol. The van der Waals surface area contributed by atoms with E-state index in [1.807, 2.05) is 6.08 Å². The number of halogens is 2. The third-order valence-electron chi connectivity index (χ3n) is 4.71. The van der Waals surface area contributed by atoms with Crippen molar-refractivity contribution in [3.05, 3.63) is 59.3 Å². The largest absolute Gasteiger partial charge is 0.453 e. The first-order chi connectivity index (χ1) is 14.4. The average Bonchev–Trinajstić information content (AvgIpc) is 2.76. The summed E-state index contributed by atoms with van der Waals surface area (Å²) < 4.78 is 32.5. The number of hydrogen-bond acceptors (Lipinski definition) is 7. The number of nitrogen functional groups attached to an aromatic ring is 1. The number of amides is 1. The molecule has 2 aromatic rings. The number of aromatic nitrogens is 1. The second-order valence-electron chi connectivity index (χ2n) is 6.45. The molecule has 1 aliphatic rings. The lowest BCUT2D eigenvalue weighted by Crippen LogP contribution is -2.40. The molecule has 9 nitrogen and oxygen atoms in total. The zero-order valence-electron chi connectivity index (χ0n) is 16.2. The van der Waals surface area contributed by atoms with Crippen molar-refractivity contribution < 1.29 is 18.3 Å². The van der Waals surface area contributed by atoms with Crippen LogP contribution in [0.5, 0.6) is 0 Å². The summed E-state index contributed by atoms with van der Waals surface area (Å²) >= 11 is 0. The Balaban J connectivity index is 1.93. The summed E-state index contributed by atoms with van der Waals surface area (Å²) in [6.45, 7) is 0.838. The number of carbonyl (C=O) groups excluding carboxylic acids is 1. The van der Waals surface area contributed by atoms with Gasteiger partial charge in [-0.15, -0.1) is 0 Å². The van der Waals surface area contributed by atoms with Crippen LogP contribution in [0.3, 0.4) is 0 Å². The van der Waals surface area contributed by atoms with Crippen LogP contribution in [0.2, 0.25) is 0 Å². The number of hydrazone groups is 1. The van der Waals surface area contributed by atoms with E-state index in [1.54, 1.807) is 17.2 Å². The van der Waals surface area contributed by atoms with Crippen molar-refractivity contribution in [3.8, 4) is 0 Å². The third kappa shape index (κ3) is 4.01. The van der Waals surface area contributed by atoms with Gasteiger partial charge in [0.05, 0.1) is 18.4 Å². The highest BCUT2D eigenvalue weighted by atomic mass is 19.2. The molecule has 0 bridgehead atoms. The Morgan fingerprint density at radius 2 is 2.13 bits per heavy atom. The van der Waals surface area contributed by atoms with E-state index in [9.17, 15) is 13.6 Å². The number of pyridine rings is 1. The number of rotatable bonds is 3. The van der Waals surface area contributed by atoms with Gasteiger partial charge < -0.3 is 21.2 Å². The maximum absolute atomic E-state index is 14.2. The number of hydrogen-bond donors (Lipinski definition) is 3. The normalized spacial score (nSPS) is 14.3. The fourth-order valence-electron chi connectivity index (χ4n) is 3.11. The first kappa shape index (κ1) is 21.0. The van der Waals surface area contributed by atoms with Gasteiger partial charge in [0.2, 0.25) is 0 Å². The van der Waals surface area contributed by atoms with Crippen molar-refractivity contribution in [3.63, 3.8) is 0 Å². The predicted octanol–water partition coefficient (Wildman–Crippen LogP) is 1.80. The van der Waals surface area contributed by atoms with Gasteiger partial charge in [-0.1, -0.05) is 12.1 Å². The smallest absolute Gasteiger partial charge is 0.409 e. The summed E-state index contributed by atoms with van der Waals surface area (Å²) in [7, 11) is 1.32. The van der Waals surface area contributed by atoms with Crippen LogP contribution in [0.15, 0.2) is 41.6 Å². The van der Waals surface area contributed by atoms with Gasteiger partial charge in [0.25, 0.3) is 0 Å². The summed E-state index contributed by atoms with van der Waals surface area (Å²) in [5, 5.41) is 4.43. The molecule has 0 aliphatic carbocycles. The van der Waals surface area contributed by atoms with Crippen LogP contribution >= 0.6 is 0 Å². The molecule has 3 rings (SSSR count). The summed E-state index contributed by atoms with van der Waals surface area (Å²) in [5.74, 6) is 9.21. The van der Waals surface area contributed by atoms with Gasteiger partial charge in [0.15, 0.2) is 17.5 Å². The molecule has 1 aliphatic heterocycles. The van der Waals surface area contributed by atoms with Gasteiger partial charge in [0, 0.05) is 19.3 Å². The number of benzene rings is 1. The molecule has 158 valence electrons. The maximum atomic E-state index is 14.2. The highest BCUT2D eigenvalue weighted by Crippen LogP contribution is 2.27. The highest BCUT2D eigenvalue weighted by Gasteiger charge is 2.23. The minimum absolute atomic E-state index is 0.0582. The molecule has 1 aromatic heterocycles. The molecule has 2 heterocycles. The van der Waals surface area contributed by atoms with Crippen LogP contribution in [0.25, 0.3) is 5.57 Å². The molecular formula is C19H21F2N7O2. The molecule has 0 atom stereocenters. The summed E-state index contributed by atoms with van der Waals surface area (Å²) in [4.78, 5) is 17.3. The lowest BCUT2D eigenvalue weighted by atomic mass is 9.99. The lowest BCUT2D eigenvalue weighted by Gasteiger charge is -2.26. The van der Waals surface area contributed by atoms with E-state index in [0.29, 0.717) is 25.1 Å². The van der Waals surface area contributed by atoms with E-state index in [2.05, 4.69) is 10.1 Å². The molecule has 0 unspecified atom stereocenters. The first-order valence-electron chi connectivity index (χ1n) is 8.92. The molecule has 11 heteroatoms. The van der Waals surface area contributed by atoms with Crippen LogP contribution in [0.4, 0.5) is 25.1 Å². The van der Waals surface area contributed by atoms with Crippen molar-refractivity contribution >= 4 is 29.0 Å². The van der Waals surface area contributed by atoms with Gasteiger partial charge in [-0.25, -0.2) is 24.4 Å². The number of nitrogens with zero attached hydrogens (tertiary/aromatic N) is 4. The van der Waals surface area contributed by atoms with Crippen LogP contribution in [0.1, 0.15) is 17.5 Å². The molecule has 0 saturated heterocycles. The quantitative estimate of drug-likeness (QED) is 0.300. The Kier molecular flexibility index (Phi) is 6.11. The molecule has 0 spiro atoms. The fourth-order valence-corrected chi connectivity index (χ4v) is 3.11. The van der Waals surface area contributed by atoms with E-state index in [4.69, 9.17) is 22.2 Å². The van der Waals surface area contributed by atoms with Crippen LogP contribution in [-0.4, -0.2) is 42.0 Å². The van der Waals surface area contributed by atoms with E-state index in [-0.39, 0.29) is 22.9 Å². The van der Waals surface area contributed by atoms with E-state index in [0.717, 1.165) is 16.6 Å². The number of nitrogens with two attached hydrogens (primary N) is 3. The van der Waals surface area contributed by atoms with Crippen LogP contribution in [0, 0.1) is 11.6 Å². The third-order valence-corrected chi connectivity index (χ3v) is 4.71. The highest BCUT2D eigenvalue weighted by molar-refractivity contribution is 6.12. The minimum Gasteiger partial charge on any atom is -0.453 e. The lowest BCUT2D eigenvalue weighted by molar-refractivity contribution is 0.128. The molecule has 30 heavy (non-hydrogen) atoms.